The molecule has 2 aliphatic rings. The van der Waals surface area contributed by atoms with Crippen LogP contribution in [0.5, 0.6) is 0 Å². The lowest BCUT2D eigenvalue weighted by Gasteiger charge is -2.25. The van der Waals surface area contributed by atoms with Gasteiger partial charge in [-0.3, -0.25) is 0 Å². The number of piperidine rings is 1. The van der Waals surface area contributed by atoms with Crippen LogP contribution in [0.1, 0.15) is 41.1 Å². The second-order valence-electron chi connectivity index (χ2n) is 5.61. The van der Waals surface area contributed by atoms with Gasteiger partial charge in [-0.1, -0.05) is 0 Å². The lowest BCUT2D eigenvalue weighted by molar-refractivity contribution is 0.0697. The fraction of sp³-hybridized carbons (Fsp3) is 0.533. The average Bonchev–Trinajstić information content (AvgIpc) is 2.82. The zero-order valence-electron chi connectivity index (χ0n) is 11.0. The predicted octanol–water partition coefficient (Wildman–Crippen LogP) is 2.28. The summed E-state index contributed by atoms with van der Waals surface area (Å²) < 4.78 is 0. The van der Waals surface area contributed by atoms with Crippen LogP contribution >= 0.6 is 0 Å². The Morgan fingerprint density at radius 2 is 2.11 bits per heavy atom. The molecule has 1 atom stereocenters. The molecule has 1 aromatic carbocycles. The molecule has 0 radical (unpaired) electrons. The van der Waals surface area contributed by atoms with Crippen LogP contribution < -0.4 is 10.6 Å². The van der Waals surface area contributed by atoms with Gasteiger partial charge in [0.25, 0.3) is 0 Å². The number of carbonyl (C=O) groups is 1. The lowest BCUT2D eigenvalue weighted by atomic mass is 9.85. The molecule has 19 heavy (non-hydrogen) atoms. The topological polar surface area (TPSA) is 61.4 Å². The van der Waals surface area contributed by atoms with E-state index in [1.54, 1.807) is 6.07 Å². The first-order valence-electron chi connectivity index (χ1n) is 7.06. The van der Waals surface area contributed by atoms with Crippen LogP contribution in [0.25, 0.3) is 0 Å². The van der Waals surface area contributed by atoms with Crippen LogP contribution in [0, 0.1) is 5.92 Å². The highest BCUT2D eigenvalue weighted by molar-refractivity contribution is 5.88. The molecule has 1 aromatic rings. The maximum atomic E-state index is 11.1. The molecule has 0 bridgehead atoms. The molecule has 3 N–H and O–H groups in total. The molecular formula is C15H20N2O2. The van der Waals surface area contributed by atoms with Crippen LogP contribution in [-0.4, -0.2) is 30.7 Å². The van der Waals surface area contributed by atoms with Gasteiger partial charge in [-0.25, -0.2) is 4.79 Å². The highest BCUT2D eigenvalue weighted by Gasteiger charge is 2.26. The van der Waals surface area contributed by atoms with E-state index in [2.05, 4.69) is 10.6 Å². The van der Waals surface area contributed by atoms with Crippen LogP contribution in [0.4, 0.5) is 5.69 Å². The summed E-state index contributed by atoms with van der Waals surface area (Å²) in [6, 6.07) is 5.44. The molecule has 2 aliphatic heterocycles. The van der Waals surface area contributed by atoms with Crippen molar-refractivity contribution in [1.29, 1.82) is 0 Å². The number of rotatable bonds is 3. The Balaban J connectivity index is 1.76. The third kappa shape index (κ3) is 2.59. The Labute approximate surface area is 113 Å². The van der Waals surface area contributed by atoms with Crippen molar-refractivity contribution in [3.05, 3.63) is 29.3 Å². The van der Waals surface area contributed by atoms with Gasteiger partial charge in [-0.05, 0) is 62.0 Å². The van der Waals surface area contributed by atoms with Crippen molar-refractivity contribution in [2.75, 3.05) is 25.0 Å². The molecule has 0 aromatic heterocycles. The van der Waals surface area contributed by atoms with Crippen molar-refractivity contribution < 1.29 is 9.90 Å². The van der Waals surface area contributed by atoms with Crippen molar-refractivity contribution in [2.45, 2.75) is 25.2 Å². The molecule has 102 valence electrons. The minimum Gasteiger partial charge on any atom is -0.478 e. The van der Waals surface area contributed by atoms with Gasteiger partial charge in [-0.15, -0.1) is 0 Å². The molecular weight excluding hydrogens is 240 g/mol. The van der Waals surface area contributed by atoms with E-state index < -0.39 is 5.97 Å². The molecule has 0 aliphatic carbocycles. The molecule has 0 spiro atoms. The van der Waals surface area contributed by atoms with Gasteiger partial charge in [0.1, 0.15) is 0 Å². The van der Waals surface area contributed by atoms with Crippen molar-refractivity contribution in [2.24, 2.45) is 5.92 Å². The molecule has 3 rings (SSSR count). The largest absolute Gasteiger partial charge is 0.478 e. The molecule has 4 heteroatoms. The Morgan fingerprint density at radius 1 is 1.32 bits per heavy atom. The zero-order valence-corrected chi connectivity index (χ0v) is 11.0. The predicted molar refractivity (Wildman–Crippen MR) is 74.8 cm³/mol. The van der Waals surface area contributed by atoms with Gasteiger partial charge in [-0.2, -0.15) is 0 Å². The third-order valence-electron chi connectivity index (χ3n) is 4.35. The van der Waals surface area contributed by atoms with Crippen molar-refractivity contribution in [3.63, 3.8) is 0 Å². The van der Waals surface area contributed by atoms with Gasteiger partial charge in [0.15, 0.2) is 0 Å². The number of nitrogens with one attached hydrogen (secondary N) is 2. The quantitative estimate of drug-likeness (QED) is 0.780. The normalized spacial score (nSPS) is 22.8. The van der Waals surface area contributed by atoms with Gasteiger partial charge in [0.05, 0.1) is 5.56 Å². The van der Waals surface area contributed by atoms with E-state index in [1.807, 2.05) is 12.1 Å². The summed E-state index contributed by atoms with van der Waals surface area (Å²) in [6.45, 7) is 3.18. The standard InChI is InChI=1S/C15H20N2O2/c18-15(19)11-1-2-14-13(8-11)12(9-17-14)7-10-3-5-16-6-4-10/h1-2,8,10,12,16-17H,3-7,9H2,(H,18,19). The first-order valence-corrected chi connectivity index (χ1v) is 7.06. The summed E-state index contributed by atoms with van der Waals surface area (Å²) >= 11 is 0. The monoisotopic (exact) mass is 260 g/mol. The molecule has 4 nitrogen and oxygen atoms in total. The van der Waals surface area contributed by atoms with Gasteiger partial charge < -0.3 is 15.7 Å². The van der Waals surface area contributed by atoms with E-state index >= 15 is 0 Å². The first-order chi connectivity index (χ1) is 9.24. The average molecular weight is 260 g/mol. The van der Waals surface area contributed by atoms with Gasteiger partial charge in [0, 0.05) is 18.2 Å². The Bertz CT molecular complexity index is 481. The zero-order chi connectivity index (χ0) is 13.2. The fourth-order valence-corrected chi connectivity index (χ4v) is 3.27. The van der Waals surface area contributed by atoms with E-state index in [4.69, 9.17) is 5.11 Å². The number of aromatic carboxylic acids is 1. The number of hydrogen-bond donors (Lipinski definition) is 3. The van der Waals surface area contributed by atoms with Crippen LogP contribution in [0.15, 0.2) is 18.2 Å². The minimum atomic E-state index is -0.838. The Hall–Kier alpha value is -1.55. The number of fused-ring (bicyclic) bond motifs is 1. The van der Waals surface area contributed by atoms with Gasteiger partial charge >= 0.3 is 5.97 Å². The second-order valence-corrected chi connectivity index (χ2v) is 5.61. The van der Waals surface area contributed by atoms with E-state index in [0.717, 1.165) is 31.2 Å². The highest BCUT2D eigenvalue weighted by atomic mass is 16.4. The number of benzene rings is 1. The smallest absolute Gasteiger partial charge is 0.335 e. The first kappa shape index (κ1) is 12.5. The summed E-state index contributed by atoms with van der Waals surface area (Å²) in [4.78, 5) is 11.1. The molecule has 0 amide bonds. The second kappa shape index (κ2) is 5.21. The molecule has 0 saturated carbocycles. The molecule has 1 unspecified atom stereocenters. The van der Waals surface area contributed by atoms with Crippen molar-refractivity contribution in [3.8, 4) is 0 Å². The highest BCUT2D eigenvalue weighted by Crippen LogP contribution is 2.37. The summed E-state index contributed by atoms with van der Waals surface area (Å²) in [5, 5.41) is 15.9. The minimum absolute atomic E-state index is 0.401. The van der Waals surface area contributed by atoms with Crippen LogP contribution in [-0.2, 0) is 0 Å². The maximum absolute atomic E-state index is 11.1. The van der Waals surface area contributed by atoms with Gasteiger partial charge in [0.2, 0.25) is 0 Å². The summed E-state index contributed by atoms with van der Waals surface area (Å²) in [5.74, 6) is 0.403. The van der Waals surface area contributed by atoms with E-state index in [9.17, 15) is 4.79 Å². The molecule has 1 saturated heterocycles. The summed E-state index contributed by atoms with van der Waals surface area (Å²) in [7, 11) is 0. The van der Waals surface area contributed by atoms with Crippen molar-refractivity contribution >= 4 is 11.7 Å². The Morgan fingerprint density at radius 3 is 2.84 bits per heavy atom. The van der Waals surface area contributed by atoms with Crippen LogP contribution in [0.2, 0.25) is 0 Å². The van der Waals surface area contributed by atoms with E-state index in [-0.39, 0.29) is 0 Å². The van der Waals surface area contributed by atoms with Crippen LogP contribution in [0.3, 0.4) is 0 Å². The fourth-order valence-electron chi connectivity index (χ4n) is 3.27. The molecule has 1 fully saturated rings. The van der Waals surface area contributed by atoms with Crippen molar-refractivity contribution in [1.82, 2.24) is 5.32 Å². The lowest BCUT2D eigenvalue weighted by Crippen LogP contribution is -2.28. The SMILES string of the molecule is O=C(O)c1ccc2c(c1)C(CC1CCNCC1)CN2. The van der Waals surface area contributed by atoms with E-state index in [1.165, 1.54) is 24.8 Å². The third-order valence-corrected chi connectivity index (χ3v) is 4.35. The Kier molecular flexibility index (Phi) is 3.42. The number of carboxylic acid groups (broad SMARTS) is 1. The maximum Gasteiger partial charge on any atom is 0.335 e. The number of carboxylic acids is 1. The number of hydrogen-bond acceptors (Lipinski definition) is 3. The van der Waals surface area contributed by atoms with E-state index in [0.29, 0.717) is 11.5 Å². The summed E-state index contributed by atoms with van der Waals surface area (Å²) in [6.07, 6.45) is 3.65. The molecule has 2 heterocycles. The summed E-state index contributed by atoms with van der Waals surface area (Å²) in [5.41, 5.74) is 2.71. The number of anilines is 1.